The number of hydrogen-bond acceptors (Lipinski definition) is 3. The molecule has 2 atom stereocenters. The van der Waals surface area contributed by atoms with Crippen molar-refractivity contribution in [1.82, 2.24) is 0 Å². The van der Waals surface area contributed by atoms with Gasteiger partial charge in [0.15, 0.2) is 0 Å². The number of rotatable bonds is 8. The number of carbonyl (C=O) groups is 1. The summed E-state index contributed by atoms with van der Waals surface area (Å²) in [7, 11) is 0. The third-order valence-electron chi connectivity index (χ3n) is 3.51. The second kappa shape index (κ2) is 8.39. The molecule has 0 aliphatic heterocycles. The minimum Gasteiger partial charge on any atom is -0.432 e. The lowest BCUT2D eigenvalue weighted by Crippen LogP contribution is -2.34. The Morgan fingerprint density at radius 1 is 1.06 bits per heavy atom. The van der Waals surface area contributed by atoms with E-state index in [2.05, 4.69) is 20.8 Å². The molecule has 0 aliphatic rings. The Balaban J connectivity index is 4.45. The first-order valence-corrected chi connectivity index (χ1v) is 7.23. The van der Waals surface area contributed by atoms with Crippen molar-refractivity contribution in [2.75, 3.05) is 0 Å². The van der Waals surface area contributed by atoms with Gasteiger partial charge >= 0.3 is 6.16 Å². The molecule has 3 heteroatoms. The first kappa shape index (κ1) is 17.3. The van der Waals surface area contributed by atoms with Gasteiger partial charge in [-0.15, -0.1) is 0 Å². The molecular formula is C15H30O3. The molecule has 0 aromatic heterocycles. The summed E-state index contributed by atoms with van der Waals surface area (Å²) in [6.45, 7) is 12.2. The molecule has 0 aromatic carbocycles. The predicted octanol–water partition coefficient (Wildman–Crippen LogP) is 4.93. The topological polar surface area (TPSA) is 35.5 Å². The van der Waals surface area contributed by atoms with Gasteiger partial charge in [0.25, 0.3) is 0 Å². The van der Waals surface area contributed by atoms with Crippen LogP contribution in [0.3, 0.4) is 0 Å². The SMILES string of the molecule is CCCCC(C)(CCC)C(C)OC(=O)OC(C)C. The third-order valence-corrected chi connectivity index (χ3v) is 3.51. The van der Waals surface area contributed by atoms with E-state index in [1.165, 1.54) is 12.8 Å². The zero-order valence-electron chi connectivity index (χ0n) is 12.9. The van der Waals surface area contributed by atoms with Gasteiger partial charge in [0.2, 0.25) is 0 Å². The van der Waals surface area contributed by atoms with Crippen molar-refractivity contribution in [1.29, 1.82) is 0 Å². The van der Waals surface area contributed by atoms with Crippen molar-refractivity contribution < 1.29 is 14.3 Å². The summed E-state index contributed by atoms with van der Waals surface area (Å²) in [4.78, 5) is 11.5. The fourth-order valence-corrected chi connectivity index (χ4v) is 2.19. The molecule has 0 N–H and O–H groups in total. The molecule has 0 radical (unpaired) electrons. The van der Waals surface area contributed by atoms with Crippen molar-refractivity contribution in [3.63, 3.8) is 0 Å². The molecule has 2 unspecified atom stereocenters. The highest BCUT2D eigenvalue weighted by molar-refractivity contribution is 5.60. The molecule has 0 saturated heterocycles. The summed E-state index contributed by atoms with van der Waals surface area (Å²) in [5.41, 5.74) is 0.0563. The predicted molar refractivity (Wildman–Crippen MR) is 74.7 cm³/mol. The maximum absolute atomic E-state index is 11.5. The zero-order chi connectivity index (χ0) is 14.2. The van der Waals surface area contributed by atoms with Crippen LogP contribution >= 0.6 is 0 Å². The summed E-state index contributed by atoms with van der Waals surface area (Å²) in [6.07, 6.45) is 4.83. The molecule has 0 bridgehead atoms. The second-order valence-corrected chi connectivity index (χ2v) is 5.68. The van der Waals surface area contributed by atoms with Crippen molar-refractivity contribution in [2.24, 2.45) is 5.41 Å². The molecule has 0 amide bonds. The van der Waals surface area contributed by atoms with Gasteiger partial charge in [0.05, 0.1) is 6.10 Å². The quantitative estimate of drug-likeness (QED) is 0.579. The largest absolute Gasteiger partial charge is 0.508 e. The van der Waals surface area contributed by atoms with Crippen molar-refractivity contribution in [3.8, 4) is 0 Å². The molecule has 0 spiro atoms. The minimum absolute atomic E-state index is 0.0563. The number of unbranched alkanes of at least 4 members (excludes halogenated alkanes) is 1. The molecule has 3 nitrogen and oxygen atoms in total. The molecule has 0 heterocycles. The average Bonchev–Trinajstić information content (AvgIpc) is 2.25. The molecule has 0 rings (SSSR count). The van der Waals surface area contributed by atoms with Gasteiger partial charge in [0.1, 0.15) is 6.10 Å². The highest BCUT2D eigenvalue weighted by atomic mass is 16.7. The van der Waals surface area contributed by atoms with Crippen LogP contribution in [-0.2, 0) is 9.47 Å². The van der Waals surface area contributed by atoms with E-state index in [0.717, 1.165) is 19.3 Å². The first-order chi connectivity index (χ1) is 8.35. The van der Waals surface area contributed by atoms with E-state index >= 15 is 0 Å². The Morgan fingerprint density at radius 2 is 1.67 bits per heavy atom. The van der Waals surface area contributed by atoms with E-state index in [1.54, 1.807) is 0 Å². The standard InChI is InChI=1S/C15H30O3/c1-7-9-11-15(6,10-8-2)13(5)18-14(16)17-12(3)4/h12-13H,7-11H2,1-6H3. The smallest absolute Gasteiger partial charge is 0.432 e. The van der Waals surface area contributed by atoms with Gasteiger partial charge in [-0.25, -0.2) is 4.79 Å². The fourth-order valence-electron chi connectivity index (χ4n) is 2.19. The third kappa shape index (κ3) is 6.27. The summed E-state index contributed by atoms with van der Waals surface area (Å²) < 4.78 is 10.5. The monoisotopic (exact) mass is 258 g/mol. The van der Waals surface area contributed by atoms with E-state index < -0.39 is 6.16 Å². The Bertz CT molecular complexity index is 238. The van der Waals surface area contributed by atoms with Gasteiger partial charge in [0, 0.05) is 5.41 Å². The van der Waals surface area contributed by atoms with Crippen LogP contribution in [0.4, 0.5) is 4.79 Å². The maximum atomic E-state index is 11.5. The van der Waals surface area contributed by atoms with E-state index in [-0.39, 0.29) is 17.6 Å². The average molecular weight is 258 g/mol. The van der Waals surface area contributed by atoms with Crippen molar-refractivity contribution in [3.05, 3.63) is 0 Å². The molecule has 0 aliphatic carbocycles. The Morgan fingerprint density at radius 3 is 2.11 bits per heavy atom. The summed E-state index contributed by atoms with van der Waals surface area (Å²) in [5.74, 6) is 0. The van der Waals surface area contributed by atoms with Crippen LogP contribution in [0, 0.1) is 5.41 Å². The van der Waals surface area contributed by atoms with Gasteiger partial charge in [-0.2, -0.15) is 0 Å². The fraction of sp³-hybridized carbons (Fsp3) is 0.933. The van der Waals surface area contributed by atoms with Gasteiger partial charge < -0.3 is 9.47 Å². The lowest BCUT2D eigenvalue weighted by Gasteiger charge is -2.35. The van der Waals surface area contributed by atoms with Crippen LogP contribution in [-0.4, -0.2) is 18.4 Å². The minimum atomic E-state index is -0.545. The second-order valence-electron chi connectivity index (χ2n) is 5.68. The maximum Gasteiger partial charge on any atom is 0.508 e. The molecule has 0 aromatic rings. The van der Waals surface area contributed by atoms with Crippen LogP contribution < -0.4 is 0 Å². The van der Waals surface area contributed by atoms with E-state index in [9.17, 15) is 4.79 Å². The van der Waals surface area contributed by atoms with Gasteiger partial charge in [-0.1, -0.05) is 40.0 Å². The van der Waals surface area contributed by atoms with E-state index in [0.29, 0.717) is 0 Å². The van der Waals surface area contributed by atoms with E-state index in [4.69, 9.17) is 9.47 Å². The van der Waals surface area contributed by atoms with Crippen molar-refractivity contribution >= 4 is 6.16 Å². The molecule has 0 fully saturated rings. The van der Waals surface area contributed by atoms with E-state index in [1.807, 2.05) is 20.8 Å². The number of carbonyl (C=O) groups excluding carboxylic acids is 1. The van der Waals surface area contributed by atoms with Crippen molar-refractivity contribution in [2.45, 2.75) is 85.9 Å². The lowest BCUT2D eigenvalue weighted by molar-refractivity contribution is -0.0361. The van der Waals surface area contributed by atoms with Gasteiger partial charge in [-0.05, 0) is 33.6 Å². The Kier molecular flexibility index (Phi) is 8.05. The van der Waals surface area contributed by atoms with Crippen LogP contribution in [0.15, 0.2) is 0 Å². The molecule has 18 heavy (non-hydrogen) atoms. The molecule has 108 valence electrons. The zero-order valence-corrected chi connectivity index (χ0v) is 12.9. The van der Waals surface area contributed by atoms with Crippen LogP contribution in [0.25, 0.3) is 0 Å². The highest BCUT2D eigenvalue weighted by Crippen LogP contribution is 2.35. The summed E-state index contributed by atoms with van der Waals surface area (Å²) in [6, 6.07) is 0. The lowest BCUT2D eigenvalue weighted by atomic mass is 9.76. The normalized spacial score (nSPS) is 16.2. The van der Waals surface area contributed by atoms with Gasteiger partial charge in [-0.3, -0.25) is 0 Å². The number of hydrogen-bond donors (Lipinski definition) is 0. The number of ether oxygens (including phenoxy) is 2. The summed E-state index contributed by atoms with van der Waals surface area (Å²) in [5, 5.41) is 0. The van der Waals surface area contributed by atoms with Crippen LogP contribution in [0.5, 0.6) is 0 Å². The summed E-state index contributed by atoms with van der Waals surface area (Å²) >= 11 is 0. The first-order valence-electron chi connectivity index (χ1n) is 7.23. The van der Waals surface area contributed by atoms with Crippen LogP contribution in [0.1, 0.15) is 73.6 Å². The Labute approximate surface area is 112 Å². The van der Waals surface area contributed by atoms with Crippen LogP contribution in [0.2, 0.25) is 0 Å². The Hall–Kier alpha value is -0.730. The molecule has 0 saturated carbocycles. The molecular weight excluding hydrogens is 228 g/mol. The highest BCUT2D eigenvalue weighted by Gasteiger charge is 2.33.